The highest BCUT2D eigenvalue weighted by molar-refractivity contribution is 5.87. The number of ether oxygens (including phenoxy) is 2. The Morgan fingerprint density at radius 2 is 1.25 bits per heavy atom. The van der Waals surface area contributed by atoms with Crippen molar-refractivity contribution < 1.29 is 28.7 Å². The average molecular weight is 457 g/mol. The minimum Gasteiger partial charge on any atom is -0.444 e. The molecule has 0 aromatic heterocycles. The third-order valence-electron chi connectivity index (χ3n) is 4.78. The molecular formula is C22H40N4O6. The lowest BCUT2D eigenvalue weighted by molar-refractivity contribution is -0.142. The second kappa shape index (κ2) is 11.4. The quantitative estimate of drug-likeness (QED) is 0.632. The van der Waals surface area contributed by atoms with Gasteiger partial charge in [-0.25, -0.2) is 9.59 Å². The molecule has 0 unspecified atom stereocenters. The SMILES string of the molecule is CC[C@@H](C)C(=O)N1CCN(C(=O)[C@@H](CNC(=O)OC(C)(C)C)NC(=O)OC(C)(C)C)CC1. The fourth-order valence-corrected chi connectivity index (χ4v) is 3.00. The zero-order valence-corrected chi connectivity index (χ0v) is 20.7. The van der Waals surface area contributed by atoms with Crippen LogP contribution in [-0.4, -0.2) is 83.8 Å². The lowest BCUT2D eigenvalue weighted by Gasteiger charge is -2.37. The lowest BCUT2D eigenvalue weighted by atomic mass is 10.1. The molecule has 1 fully saturated rings. The van der Waals surface area contributed by atoms with Gasteiger partial charge in [-0.2, -0.15) is 0 Å². The molecule has 2 atom stereocenters. The van der Waals surface area contributed by atoms with Crippen LogP contribution in [0.2, 0.25) is 0 Å². The van der Waals surface area contributed by atoms with Crippen LogP contribution in [0.25, 0.3) is 0 Å². The van der Waals surface area contributed by atoms with E-state index in [0.29, 0.717) is 26.2 Å². The number of piperazine rings is 1. The summed E-state index contributed by atoms with van der Waals surface area (Å²) in [6.07, 6.45) is -0.686. The van der Waals surface area contributed by atoms with Crippen LogP contribution in [0.15, 0.2) is 0 Å². The van der Waals surface area contributed by atoms with Crippen molar-refractivity contribution in [3.8, 4) is 0 Å². The number of rotatable bonds is 6. The standard InChI is InChI=1S/C22H40N4O6/c1-9-15(2)17(27)25-10-12-26(13-11-25)18(28)16(24-20(30)32-22(6,7)8)14-23-19(29)31-21(3,4)5/h15-16H,9-14H2,1-8H3,(H,23,29)(H,24,30)/t15-,16-/m1/s1. The molecule has 32 heavy (non-hydrogen) atoms. The minimum absolute atomic E-state index is 0.0585. The first-order valence-corrected chi connectivity index (χ1v) is 11.2. The van der Waals surface area contributed by atoms with Gasteiger partial charge in [-0.1, -0.05) is 13.8 Å². The van der Waals surface area contributed by atoms with E-state index in [0.717, 1.165) is 6.42 Å². The molecule has 10 nitrogen and oxygen atoms in total. The number of alkyl carbamates (subject to hydrolysis) is 2. The summed E-state index contributed by atoms with van der Waals surface area (Å²) in [5.74, 6) is -0.339. The molecule has 10 heteroatoms. The van der Waals surface area contributed by atoms with Gasteiger partial charge >= 0.3 is 12.2 Å². The predicted molar refractivity (Wildman–Crippen MR) is 120 cm³/mol. The molecule has 1 aliphatic rings. The maximum atomic E-state index is 13.1. The summed E-state index contributed by atoms with van der Waals surface area (Å²) in [5, 5.41) is 5.08. The first-order chi connectivity index (χ1) is 14.6. The molecule has 0 saturated carbocycles. The number of nitrogens with one attached hydrogen (secondary N) is 2. The molecule has 184 valence electrons. The fourth-order valence-electron chi connectivity index (χ4n) is 3.00. The molecule has 2 N–H and O–H groups in total. The van der Waals surface area contributed by atoms with Gasteiger partial charge in [0.1, 0.15) is 17.2 Å². The van der Waals surface area contributed by atoms with Gasteiger partial charge in [-0.15, -0.1) is 0 Å². The van der Waals surface area contributed by atoms with E-state index >= 15 is 0 Å². The summed E-state index contributed by atoms with van der Waals surface area (Å²) < 4.78 is 10.5. The zero-order chi connectivity index (χ0) is 24.7. The van der Waals surface area contributed by atoms with E-state index in [-0.39, 0.29) is 24.3 Å². The number of hydrogen-bond acceptors (Lipinski definition) is 6. The smallest absolute Gasteiger partial charge is 0.408 e. The van der Waals surface area contributed by atoms with Crippen molar-refractivity contribution in [2.75, 3.05) is 32.7 Å². The van der Waals surface area contributed by atoms with Gasteiger partial charge < -0.3 is 29.9 Å². The van der Waals surface area contributed by atoms with Gasteiger partial charge in [-0.3, -0.25) is 9.59 Å². The fraction of sp³-hybridized carbons (Fsp3) is 0.818. The third-order valence-corrected chi connectivity index (χ3v) is 4.78. The van der Waals surface area contributed by atoms with E-state index in [1.165, 1.54) is 0 Å². The first kappa shape index (κ1) is 27.5. The Kier molecular flexibility index (Phi) is 9.78. The highest BCUT2D eigenvalue weighted by atomic mass is 16.6. The van der Waals surface area contributed by atoms with E-state index in [2.05, 4.69) is 10.6 Å². The number of nitrogens with zero attached hydrogens (tertiary/aromatic N) is 2. The molecule has 0 bridgehead atoms. The normalized spacial score (nSPS) is 16.6. The molecule has 0 radical (unpaired) electrons. The number of carbonyl (C=O) groups excluding carboxylic acids is 4. The number of amides is 4. The Hall–Kier alpha value is -2.52. The van der Waals surface area contributed by atoms with Crippen molar-refractivity contribution in [1.29, 1.82) is 0 Å². The summed E-state index contributed by atoms with van der Waals surface area (Å²) >= 11 is 0. The molecule has 1 saturated heterocycles. The number of hydrogen-bond donors (Lipinski definition) is 2. The minimum atomic E-state index is -1.03. The molecule has 0 aliphatic carbocycles. The van der Waals surface area contributed by atoms with Gasteiger partial charge in [0.15, 0.2) is 0 Å². The van der Waals surface area contributed by atoms with Gasteiger partial charge in [0.05, 0.1) is 6.54 Å². The highest BCUT2D eigenvalue weighted by Crippen LogP contribution is 2.12. The van der Waals surface area contributed by atoms with Crippen LogP contribution in [-0.2, 0) is 19.1 Å². The summed E-state index contributed by atoms with van der Waals surface area (Å²) in [6, 6.07) is -1.03. The van der Waals surface area contributed by atoms with Gasteiger partial charge in [0, 0.05) is 32.1 Å². The maximum absolute atomic E-state index is 13.1. The highest BCUT2D eigenvalue weighted by Gasteiger charge is 2.32. The van der Waals surface area contributed by atoms with E-state index < -0.39 is 29.4 Å². The Balaban J connectivity index is 2.80. The second-order valence-electron chi connectivity index (χ2n) is 10.0. The van der Waals surface area contributed by atoms with Crippen molar-refractivity contribution in [2.24, 2.45) is 5.92 Å². The Morgan fingerprint density at radius 1 is 0.812 bits per heavy atom. The van der Waals surface area contributed by atoms with Crippen LogP contribution in [0.4, 0.5) is 9.59 Å². The molecular weight excluding hydrogens is 416 g/mol. The lowest BCUT2D eigenvalue weighted by Crippen LogP contribution is -2.59. The summed E-state index contributed by atoms with van der Waals surface area (Å²) in [6.45, 7) is 15.6. The molecule has 1 rings (SSSR count). The van der Waals surface area contributed by atoms with Crippen LogP contribution in [0.5, 0.6) is 0 Å². The molecule has 0 spiro atoms. The van der Waals surface area contributed by atoms with E-state index in [1.807, 2.05) is 13.8 Å². The van der Waals surface area contributed by atoms with Gasteiger partial charge in [-0.05, 0) is 48.0 Å². The molecule has 1 aliphatic heterocycles. The van der Waals surface area contributed by atoms with Crippen LogP contribution >= 0.6 is 0 Å². The van der Waals surface area contributed by atoms with Crippen molar-refractivity contribution in [2.45, 2.75) is 79.1 Å². The van der Waals surface area contributed by atoms with Crippen molar-refractivity contribution in [1.82, 2.24) is 20.4 Å². The van der Waals surface area contributed by atoms with Gasteiger partial charge in [0.25, 0.3) is 0 Å². The van der Waals surface area contributed by atoms with Crippen LogP contribution < -0.4 is 10.6 Å². The summed E-state index contributed by atoms with van der Waals surface area (Å²) in [5.41, 5.74) is -1.43. The largest absolute Gasteiger partial charge is 0.444 e. The molecule has 0 aromatic rings. The summed E-state index contributed by atoms with van der Waals surface area (Å²) in [7, 11) is 0. The summed E-state index contributed by atoms with van der Waals surface area (Å²) in [4.78, 5) is 53.2. The van der Waals surface area contributed by atoms with Crippen LogP contribution in [0, 0.1) is 5.92 Å². The first-order valence-electron chi connectivity index (χ1n) is 11.2. The maximum Gasteiger partial charge on any atom is 0.408 e. The van der Waals surface area contributed by atoms with E-state index in [9.17, 15) is 19.2 Å². The molecule has 0 aromatic carbocycles. The Labute approximate surface area is 191 Å². The van der Waals surface area contributed by atoms with Crippen molar-refractivity contribution in [3.63, 3.8) is 0 Å². The molecule has 4 amide bonds. The van der Waals surface area contributed by atoms with E-state index in [4.69, 9.17) is 9.47 Å². The predicted octanol–water partition coefficient (Wildman–Crippen LogP) is 2.12. The Morgan fingerprint density at radius 3 is 1.69 bits per heavy atom. The van der Waals surface area contributed by atoms with E-state index in [1.54, 1.807) is 51.3 Å². The number of carbonyl (C=O) groups is 4. The van der Waals surface area contributed by atoms with Gasteiger partial charge in [0.2, 0.25) is 11.8 Å². The Bertz CT molecular complexity index is 675. The third kappa shape index (κ3) is 9.74. The van der Waals surface area contributed by atoms with Crippen molar-refractivity contribution >= 4 is 24.0 Å². The zero-order valence-electron chi connectivity index (χ0n) is 20.7. The van der Waals surface area contributed by atoms with Crippen LogP contribution in [0.3, 0.4) is 0 Å². The average Bonchev–Trinajstić information content (AvgIpc) is 2.66. The second-order valence-corrected chi connectivity index (χ2v) is 10.0. The monoisotopic (exact) mass is 456 g/mol. The topological polar surface area (TPSA) is 117 Å². The van der Waals surface area contributed by atoms with Crippen LogP contribution in [0.1, 0.15) is 61.8 Å². The molecule has 1 heterocycles. The van der Waals surface area contributed by atoms with Crippen molar-refractivity contribution in [3.05, 3.63) is 0 Å².